The summed E-state index contributed by atoms with van der Waals surface area (Å²) in [6.45, 7) is 9.77. The van der Waals surface area contributed by atoms with Crippen LogP contribution in [0.15, 0.2) is 0 Å². The van der Waals surface area contributed by atoms with Gasteiger partial charge in [0.15, 0.2) is 0 Å². The number of rotatable bonds is 4. The van der Waals surface area contributed by atoms with E-state index in [-0.39, 0.29) is 5.54 Å². The van der Waals surface area contributed by atoms with Crippen molar-refractivity contribution in [2.24, 2.45) is 0 Å². The summed E-state index contributed by atoms with van der Waals surface area (Å²) in [5.74, 6) is 2.57. The van der Waals surface area contributed by atoms with Crippen molar-refractivity contribution in [1.82, 2.24) is 10.2 Å². The first kappa shape index (κ1) is 11.5. The second-order valence-corrected chi connectivity index (χ2v) is 4.23. The summed E-state index contributed by atoms with van der Waals surface area (Å²) in [6.07, 6.45) is 5.15. The van der Waals surface area contributed by atoms with Crippen LogP contribution in [0.3, 0.4) is 0 Å². The molecule has 0 unspecified atom stereocenters. The highest BCUT2D eigenvalue weighted by molar-refractivity contribution is 4.88. The molecule has 1 N–H and O–H groups in total. The van der Waals surface area contributed by atoms with Gasteiger partial charge in [-0.3, -0.25) is 4.90 Å². The average molecular weight is 196 g/mol. The molecule has 1 aliphatic rings. The molecule has 0 aliphatic carbocycles. The topological polar surface area (TPSA) is 24.5 Å². The van der Waals surface area contributed by atoms with Gasteiger partial charge in [-0.1, -0.05) is 5.92 Å². The first-order valence-corrected chi connectivity index (χ1v) is 5.14. The molecular weight excluding hydrogens is 176 g/mol. The highest BCUT2D eigenvalue weighted by Crippen LogP contribution is 2.17. The van der Waals surface area contributed by atoms with Crippen LogP contribution in [-0.2, 0) is 4.74 Å². The highest BCUT2D eigenvalue weighted by Gasteiger charge is 2.29. The fourth-order valence-electron chi connectivity index (χ4n) is 1.68. The third-order valence-corrected chi connectivity index (χ3v) is 2.60. The number of morpholine rings is 1. The zero-order chi connectivity index (χ0) is 10.4. The van der Waals surface area contributed by atoms with Gasteiger partial charge in [0, 0.05) is 25.2 Å². The minimum absolute atomic E-state index is 0.163. The quantitative estimate of drug-likeness (QED) is 0.518. The third kappa shape index (κ3) is 3.30. The molecule has 0 amide bonds. The Morgan fingerprint density at radius 1 is 1.57 bits per heavy atom. The Morgan fingerprint density at radius 3 is 3.00 bits per heavy atom. The van der Waals surface area contributed by atoms with Gasteiger partial charge in [0.1, 0.15) is 0 Å². The summed E-state index contributed by atoms with van der Waals surface area (Å²) in [5, 5.41) is 3.20. The fourth-order valence-corrected chi connectivity index (χ4v) is 1.68. The van der Waals surface area contributed by atoms with Crippen LogP contribution in [0.4, 0.5) is 0 Å². The van der Waals surface area contributed by atoms with Crippen molar-refractivity contribution >= 4 is 0 Å². The predicted octanol–water partition coefficient (Wildman–Crippen LogP) is 0.320. The van der Waals surface area contributed by atoms with Gasteiger partial charge < -0.3 is 10.1 Å². The number of hydrogen-bond acceptors (Lipinski definition) is 3. The molecule has 1 saturated heterocycles. The maximum atomic E-state index is 5.45. The average Bonchev–Trinajstić information content (AvgIpc) is 2.14. The van der Waals surface area contributed by atoms with Crippen molar-refractivity contribution in [2.75, 3.05) is 39.4 Å². The number of terminal acetylenes is 1. The Kier molecular flexibility index (Phi) is 4.40. The van der Waals surface area contributed by atoms with Crippen molar-refractivity contribution in [3.63, 3.8) is 0 Å². The van der Waals surface area contributed by atoms with Gasteiger partial charge >= 0.3 is 0 Å². The fraction of sp³-hybridized carbons (Fsp3) is 0.818. The first-order chi connectivity index (χ1) is 6.67. The van der Waals surface area contributed by atoms with Crippen molar-refractivity contribution in [3.05, 3.63) is 0 Å². The van der Waals surface area contributed by atoms with E-state index in [9.17, 15) is 0 Å². The number of nitrogens with zero attached hydrogens (tertiary/aromatic N) is 1. The predicted molar refractivity (Wildman–Crippen MR) is 58.2 cm³/mol. The normalized spacial score (nSPS) is 21.8. The van der Waals surface area contributed by atoms with Crippen molar-refractivity contribution < 1.29 is 4.74 Å². The molecule has 0 radical (unpaired) electrons. The summed E-state index contributed by atoms with van der Waals surface area (Å²) < 4.78 is 5.45. The number of hydrogen-bond donors (Lipinski definition) is 1. The SMILES string of the molecule is C#CCNCCN1CCOCC1(C)C. The Morgan fingerprint density at radius 2 is 2.36 bits per heavy atom. The van der Waals surface area contributed by atoms with Crippen molar-refractivity contribution in [2.45, 2.75) is 19.4 Å². The second-order valence-electron chi connectivity index (χ2n) is 4.23. The minimum Gasteiger partial charge on any atom is -0.378 e. The van der Waals surface area contributed by atoms with Crippen LogP contribution in [0, 0.1) is 12.3 Å². The molecule has 0 atom stereocenters. The van der Waals surface area contributed by atoms with E-state index in [2.05, 4.69) is 30.0 Å². The third-order valence-electron chi connectivity index (χ3n) is 2.60. The Balaban J connectivity index is 2.24. The van der Waals surface area contributed by atoms with Gasteiger partial charge in [-0.15, -0.1) is 6.42 Å². The summed E-state index contributed by atoms with van der Waals surface area (Å²) in [5.41, 5.74) is 0.163. The Hall–Kier alpha value is -0.560. The molecule has 1 aliphatic heterocycles. The molecule has 0 saturated carbocycles. The van der Waals surface area contributed by atoms with Crippen LogP contribution in [0.2, 0.25) is 0 Å². The van der Waals surface area contributed by atoms with E-state index >= 15 is 0 Å². The summed E-state index contributed by atoms with van der Waals surface area (Å²) in [7, 11) is 0. The van der Waals surface area contributed by atoms with E-state index in [4.69, 9.17) is 11.2 Å². The second kappa shape index (κ2) is 5.35. The molecule has 0 aromatic carbocycles. The van der Waals surface area contributed by atoms with Crippen molar-refractivity contribution in [3.8, 4) is 12.3 Å². The smallest absolute Gasteiger partial charge is 0.0645 e. The van der Waals surface area contributed by atoms with Gasteiger partial charge in [-0.05, 0) is 13.8 Å². The number of nitrogens with one attached hydrogen (secondary N) is 1. The zero-order valence-electron chi connectivity index (χ0n) is 9.18. The first-order valence-electron chi connectivity index (χ1n) is 5.14. The van der Waals surface area contributed by atoms with E-state index < -0.39 is 0 Å². The van der Waals surface area contributed by atoms with E-state index in [1.54, 1.807) is 0 Å². The molecular formula is C11H20N2O. The highest BCUT2D eigenvalue weighted by atomic mass is 16.5. The van der Waals surface area contributed by atoms with Gasteiger partial charge in [0.2, 0.25) is 0 Å². The summed E-state index contributed by atoms with van der Waals surface area (Å²) >= 11 is 0. The minimum atomic E-state index is 0.163. The molecule has 1 rings (SSSR count). The van der Waals surface area contributed by atoms with E-state index in [0.29, 0.717) is 6.54 Å². The van der Waals surface area contributed by atoms with Gasteiger partial charge in [-0.2, -0.15) is 0 Å². The molecule has 14 heavy (non-hydrogen) atoms. The standard InChI is InChI=1S/C11H20N2O/c1-4-5-12-6-7-13-8-9-14-10-11(13,2)3/h1,12H,5-10H2,2-3H3. The zero-order valence-corrected chi connectivity index (χ0v) is 9.18. The Bertz CT molecular complexity index is 208. The van der Waals surface area contributed by atoms with Crippen LogP contribution < -0.4 is 5.32 Å². The van der Waals surface area contributed by atoms with E-state index in [1.165, 1.54) is 0 Å². The summed E-state index contributed by atoms with van der Waals surface area (Å²) in [6, 6.07) is 0. The lowest BCUT2D eigenvalue weighted by atomic mass is 10.0. The lowest BCUT2D eigenvalue weighted by Crippen LogP contribution is -2.54. The number of ether oxygens (including phenoxy) is 1. The van der Waals surface area contributed by atoms with Gasteiger partial charge in [0.05, 0.1) is 19.8 Å². The maximum Gasteiger partial charge on any atom is 0.0645 e. The molecule has 3 nitrogen and oxygen atoms in total. The summed E-state index contributed by atoms with van der Waals surface area (Å²) in [4.78, 5) is 2.44. The van der Waals surface area contributed by atoms with Crippen LogP contribution in [-0.4, -0.2) is 49.8 Å². The molecule has 0 bridgehead atoms. The lowest BCUT2D eigenvalue weighted by molar-refractivity contribution is -0.0499. The van der Waals surface area contributed by atoms with Crippen LogP contribution in [0.1, 0.15) is 13.8 Å². The van der Waals surface area contributed by atoms with E-state index in [1.807, 2.05) is 0 Å². The maximum absolute atomic E-state index is 5.45. The molecule has 0 aromatic rings. The largest absolute Gasteiger partial charge is 0.378 e. The van der Waals surface area contributed by atoms with Gasteiger partial charge in [-0.25, -0.2) is 0 Å². The van der Waals surface area contributed by atoms with Crippen LogP contribution in [0.5, 0.6) is 0 Å². The van der Waals surface area contributed by atoms with Gasteiger partial charge in [0.25, 0.3) is 0 Å². The molecule has 0 spiro atoms. The molecule has 80 valence electrons. The van der Waals surface area contributed by atoms with E-state index in [0.717, 1.165) is 32.8 Å². The molecule has 1 heterocycles. The monoisotopic (exact) mass is 196 g/mol. The molecule has 3 heteroatoms. The van der Waals surface area contributed by atoms with Crippen molar-refractivity contribution in [1.29, 1.82) is 0 Å². The molecule has 0 aromatic heterocycles. The lowest BCUT2D eigenvalue weighted by Gasteiger charge is -2.42. The van der Waals surface area contributed by atoms with Crippen LogP contribution in [0.25, 0.3) is 0 Å². The van der Waals surface area contributed by atoms with Crippen LogP contribution >= 0.6 is 0 Å². The molecule has 1 fully saturated rings. The Labute approximate surface area is 86.8 Å².